The molecular formula is C12H16N2O2. The van der Waals surface area contributed by atoms with Gasteiger partial charge in [0.25, 0.3) is 5.69 Å². The maximum Gasteiger partial charge on any atom is 0.272 e. The minimum atomic E-state index is -0.312. The third kappa shape index (κ3) is 2.58. The van der Waals surface area contributed by atoms with Gasteiger partial charge in [0.15, 0.2) is 0 Å². The van der Waals surface area contributed by atoms with Crippen molar-refractivity contribution in [3.05, 3.63) is 39.4 Å². The van der Waals surface area contributed by atoms with E-state index in [0.29, 0.717) is 6.04 Å². The van der Waals surface area contributed by atoms with Crippen molar-refractivity contribution in [2.75, 3.05) is 6.54 Å². The van der Waals surface area contributed by atoms with Crippen molar-refractivity contribution < 1.29 is 4.92 Å². The second-order valence-corrected chi connectivity index (χ2v) is 4.30. The number of rotatable bonds is 5. The highest BCUT2D eigenvalue weighted by atomic mass is 16.6. The second kappa shape index (κ2) is 4.61. The lowest BCUT2D eigenvalue weighted by molar-refractivity contribution is -0.385. The molecule has 0 bridgehead atoms. The molecule has 0 atom stereocenters. The smallest absolute Gasteiger partial charge is 0.272 e. The van der Waals surface area contributed by atoms with Crippen LogP contribution in [-0.2, 0) is 6.42 Å². The molecule has 4 nitrogen and oxygen atoms in total. The van der Waals surface area contributed by atoms with E-state index in [-0.39, 0.29) is 10.6 Å². The van der Waals surface area contributed by atoms with E-state index in [0.717, 1.165) is 24.1 Å². The van der Waals surface area contributed by atoms with E-state index in [2.05, 4.69) is 5.32 Å². The average Bonchev–Trinajstić information content (AvgIpc) is 3.04. The van der Waals surface area contributed by atoms with Gasteiger partial charge in [0.1, 0.15) is 0 Å². The molecule has 0 heterocycles. The molecule has 1 aliphatic rings. The first kappa shape index (κ1) is 11.1. The van der Waals surface area contributed by atoms with Crippen LogP contribution in [-0.4, -0.2) is 17.5 Å². The van der Waals surface area contributed by atoms with Gasteiger partial charge in [-0.2, -0.15) is 0 Å². The summed E-state index contributed by atoms with van der Waals surface area (Å²) in [6.07, 6.45) is 3.41. The summed E-state index contributed by atoms with van der Waals surface area (Å²) in [5.74, 6) is 0. The zero-order valence-electron chi connectivity index (χ0n) is 9.40. The minimum absolute atomic E-state index is 0.226. The standard InChI is InChI=1S/C12H16N2O2/c1-9-10(7-8-13-11-5-6-11)3-2-4-12(9)14(15)16/h2-4,11,13H,5-8H2,1H3. The Balaban J connectivity index is 2.01. The molecule has 0 spiro atoms. The lowest BCUT2D eigenvalue weighted by atomic mass is 10.0. The normalized spacial score (nSPS) is 15.1. The zero-order chi connectivity index (χ0) is 11.5. The molecule has 0 radical (unpaired) electrons. The van der Waals surface area contributed by atoms with Crippen molar-refractivity contribution in [3.8, 4) is 0 Å². The monoisotopic (exact) mass is 220 g/mol. The summed E-state index contributed by atoms with van der Waals surface area (Å²) in [4.78, 5) is 10.4. The first-order chi connectivity index (χ1) is 7.68. The molecule has 0 aromatic heterocycles. The Labute approximate surface area is 94.8 Å². The molecule has 0 aliphatic heterocycles. The third-order valence-electron chi connectivity index (χ3n) is 3.02. The Morgan fingerprint density at radius 1 is 1.50 bits per heavy atom. The van der Waals surface area contributed by atoms with Crippen LogP contribution in [0.2, 0.25) is 0 Å². The molecule has 0 amide bonds. The van der Waals surface area contributed by atoms with E-state index in [1.807, 2.05) is 13.0 Å². The van der Waals surface area contributed by atoms with Crippen LogP contribution in [0.15, 0.2) is 18.2 Å². The third-order valence-corrected chi connectivity index (χ3v) is 3.02. The minimum Gasteiger partial charge on any atom is -0.314 e. The summed E-state index contributed by atoms with van der Waals surface area (Å²) in [5.41, 5.74) is 2.09. The molecule has 16 heavy (non-hydrogen) atoms. The summed E-state index contributed by atoms with van der Waals surface area (Å²) in [6, 6.07) is 5.99. The van der Waals surface area contributed by atoms with E-state index in [1.165, 1.54) is 12.8 Å². The fraction of sp³-hybridized carbons (Fsp3) is 0.500. The quantitative estimate of drug-likeness (QED) is 0.611. The van der Waals surface area contributed by atoms with Gasteiger partial charge >= 0.3 is 0 Å². The Bertz CT molecular complexity index is 400. The fourth-order valence-electron chi connectivity index (χ4n) is 1.84. The molecule has 86 valence electrons. The van der Waals surface area contributed by atoms with Gasteiger partial charge < -0.3 is 5.32 Å². The van der Waals surface area contributed by atoms with E-state index in [4.69, 9.17) is 0 Å². The van der Waals surface area contributed by atoms with Crippen molar-refractivity contribution >= 4 is 5.69 Å². The van der Waals surface area contributed by atoms with Gasteiger partial charge in [0, 0.05) is 17.7 Å². The van der Waals surface area contributed by atoms with Crippen LogP contribution in [0.1, 0.15) is 24.0 Å². The van der Waals surface area contributed by atoms with Gasteiger partial charge in [-0.1, -0.05) is 12.1 Å². The predicted molar refractivity (Wildman–Crippen MR) is 62.6 cm³/mol. The molecule has 1 aromatic carbocycles. The number of nitro groups is 1. The largest absolute Gasteiger partial charge is 0.314 e. The van der Waals surface area contributed by atoms with Crippen LogP contribution < -0.4 is 5.32 Å². The summed E-state index contributed by atoms with van der Waals surface area (Å²) in [7, 11) is 0. The van der Waals surface area contributed by atoms with Crippen molar-refractivity contribution in [1.82, 2.24) is 5.32 Å². The van der Waals surface area contributed by atoms with Crippen LogP contribution in [0, 0.1) is 17.0 Å². The van der Waals surface area contributed by atoms with Crippen molar-refractivity contribution in [3.63, 3.8) is 0 Å². The lowest BCUT2D eigenvalue weighted by Crippen LogP contribution is -2.19. The number of nitrogens with one attached hydrogen (secondary N) is 1. The lowest BCUT2D eigenvalue weighted by Gasteiger charge is -2.06. The highest BCUT2D eigenvalue weighted by molar-refractivity contribution is 5.44. The van der Waals surface area contributed by atoms with Crippen LogP contribution in [0.3, 0.4) is 0 Å². The fourth-order valence-corrected chi connectivity index (χ4v) is 1.84. The van der Waals surface area contributed by atoms with Crippen LogP contribution in [0.25, 0.3) is 0 Å². The SMILES string of the molecule is Cc1c(CCNC2CC2)cccc1[N+](=O)[O-]. The molecule has 0 unspecified atom stereocenters. The maximum atomic E-state index is 10.8. The Morgan fingerprint density at radius 2 is 2.25 bits per heavy atom. The van der Waals surface area contributed by atoms with Gasteiger partial charge in [-0.25, -0.2) is 0 Å². The highest BCUT2D eigenvalue weighted by Crippen LogP contribution is 2.22. The number of benzene rings is 1. The van der Waals surface area contributed by atoms with Gasteiger partial charge in [-0.15, -0.1) is 0 Å². The molecular weight excluding hydrogens is 204 g/mol. The number of nitrogens with zero attached hydrogens (tertiary/aromatic N) is 1. The zero-order valence-corrected chi connectivity index (χ0v) is 9.40. The summed E-state index contributed by atoms with van der Waals surface area (Å²) in [6.45, 7) is 2.73. The average molecular weight is 220 g/mol. The molecule has 1 aliphatic carbocycles. The highest BCUT2D eigenvalue weighted by Gasteiger charge is 2.20. The van der Waals surface area contributed by atoms with Gasteiger partial charge in [0.05, 0.1) is 4.92 Å². The van der Waals surface area contributed by atoms with Gasteiger partial charge in [-0.05, 0) is 38.3 Å². The molecule has 1 fully saturated rings. The number of hydrogen-bond acceptors (Lipinski definition) is 3. The van der Waals surface area contributed by atoms with Crippen LogP contribution >= 0.6 is 0 Å². The predicted octanol–water partition coefficient (Wildman–Crippen LogP) is 2.20. The summed E-state index contributed by atoms with van der Waals surface area (Å²) < 4.78 is 0. The van der Waals surface area contributed by atoms with Gasteiger partial charge in [0.2, 0.25) is 0 Å². The summed E-state index contributed by atoms with van der Waals surface area (Å²) >= 11 is 0. The number of nitro benzene ring substituents is 1. The number of hydrogen-bond donors (Lipinski definition) is 1. The second-order valence-electron chi connectivity index (χ2n) is 4.30. The van der Waals surface area contributed by atoms with Crippen LogP contribution in [0.4, 0.5) is 5.69 Å². The van der Waals surface area contributed by atoms with E-state index in [1.54, 1.807) is 12.1 Å². The van der Waals surface area contributed by atoms with Crippen molar-refractivity contribution in [2.45, 2.75) is 32.2 Å². The molecule has 4 heteroatoms. The van der Waals surface area contributed by atoms with E-state index < -0.39 is 0 Å². The van der Waals surface area contributed by atoms with Crippen molar-refractivity contribution in [1.29, 1.82) is 0 Å². The Morgan fingerprint density at radius 3 is 2.88 bits per heavy atom. The Hall–Kier alpha value is -1.42. The van der Waals surface area contributed by atoms with E-state index in [9.17, 15) is 10.1 Å². The van der Waals surface area contributed by atoms with E-state index >= 15 is 0 Å². The molecule has 1 N–H and O–H groups in total. The molecule has 0 saturated heterocycles. The topological polar surface area (TPSA) is 55.2 Å². The first-order valence-electron chi connectivity index (χ1n) is 5.65. The molecule has 1 saturated carbocycles. The Kier molecular flexibility index (Phi) is 3.19. The van der Waals surface area contributed by atoms with Crippen molar-refractivity contribution in [2.24, 2.45) is 0 Å². The first-order valence-corrected chi connectivity index (χ1v) is 5.65. The molecule has 1 aromatic rings. The summed E-state index contributed by atoms with van der Waals surface area (Å²) in [5, 5.41) is 14.2. The van der Waals surface area contributed by atoms with Crippen LogP contribution in [0.5, 0.6) is 0 Å². The van der Waals surface area contributed by atoms with Gasteiger partial charge in [-0.3, -0.25) is 10.1 Å². The molecule has 2 rings (SSSR count). The maximum absolute atomic E-state index is 10.8.